The molecule has 0 atom stereocenters. The highest BCUT2D eigenvalue weighted by atomic mass is 16.5. The molecule has 2 heterocycles. The number of ether oxygens (including phenoxy) is 2. The van der Waals surface area contributed by atoms with Crippen molar-refractivity contribution in [1.29, 1.82) is 0 Å². The van der Waals surface area contributed by atoms with Crippen LogP contribution < -0.4 is 20.1 Å². The van der Waals surface area contributed by atoms with Gasteiger partial charge in [0.1, 0.15) is 11.5 Å². The number of unbranched alkanes of at least 4 members (excludes halogenated alkanes) is 6. The van der Waals surface area contributed by atoms with Crippen molar-refractivity contribution in [2.24, 2.45) is 11.8 Å². The number of hydrogen-bond donors (Lipinski definition) is 2. The molecule has 2 saturated heterocycles. The highest BCUT2D eigenvalue weighted by molar-refractivity contribution is 5.33. The minimum atomic E-state index is 0.894. The maximum atomic E-state index is 5.45. The molecule has 0 saturated carbocycles. The molecule has 2 fully saturated rings. The number of benzene rings is 2. The van der Waals surface area contributed by atoms with Gasteiger partial charge in [-0.1, -0.05) is 81.3 Å². The van der Waals surface area contributed by atoms with Gasteiger partial charge in [-0.3, -0.25) is 0 Å². The fraction of sp³-hybridized carbons (Fsp3) is 0.707. The van der Waals surface area contributed by atoms with Gasteiger partial charge in [-0.2, -0.15) is 0 Å². The largest absolute Gasteiger partial charge is 0.496 e. The average Bonchev–Trinajstić information content (AvgIpc) is 3.12. The molecule has 6 nitrogen and oxygen atoms in total. The first kappa shape index (κ1) is 37.7. The Hall–Kier alpha value is -2.12. The SMILES string of the molecule is COc1ccccc1CNCCCCCCN1CCC(CCCC2CCN(CCCCCCNCc3ccccc3OC)CC2)CC1. The highest BCUT2D eigenvalue weighted by Gasteiger charge is 2.21. The van der Waals surface area contributed by atoms with Crippen molar-refractivity contribution in [3.8, 4) is 11.5 Å². The second-order valence-electron chi connectivity index (χ2n) is 14.3. The highest BCUT2D eigenvalue weighted by Crippen LogP contribution is 2.28. The van der Waals surface area contributed by atoms with Crippen molar-refractivity contribution in [1.82, 2.24) is 20.4 Å². The number of hydrogen-bond acceptors (Lipinski definition) is 6. The Bertz CT molecular complexity index is 981. The molecule has 0 aliphatic carbocycles. The molecule has 0 spiro atoms. The second-order valence-corrected chi connectivity index (χ2v) is 14.3. The fourth-order valence-electron chi connectivity index (χ4n) is 7.71. The molecule has 0 aromatic heterocycles. The first-order chi connectivity index (χ1) is 23.2. The van der Waals surface area contributed by atoms with Crippen LogP contribution in [0, 0.1) is 11.8 Å². The third kappa shape index (κ3) is 14.9. The lowest BCUT2D eigenvalue weighted by atomic mass is 9.87. The molecule has 264 valence electrons. The Morgan fingerprint density at radius 1 is 0.532 bits per heavy atom. The van der Waals surface area contributed by atoms with Gasteiger partial charge in [0.15, 0.2) is 0 Å². The quantitative estimate of drug-likeness (QED) is 0.112. The molecule has 6 heteroatoms. The summed E-state index contributed by atoms with van der Waals surface area (Å²) in [5, 5.41) is 7.17. The zero-order valence-electron chi connectivity index (χ0n) is 30.2. The number of piperidine rings is 2. The minimum absolute atomic E-state index is 0.894. The number of nitrogens with one attached hydrogen (secondary N) is 2. The van der Waals surface area contributed by atoms with Crippen molar-refractivity contribution in [3.63, 3.8) is 0 Å². The zero-order valence-corrected chi connectivity index (χ0v) is 30.2. The van der Waals surface area contributed by atoms with Gasteiger partial charge in [-0.05, 0) is 128 Å². The third-order valence-electron chi connectivity index (χ3n) is 10.8. The number of methoxy groups -OCH3 is 2. The summed E-state index contributed by atoms with van der Waals surface area (Å²) in [6.45, 7) is 11.9. The van der Waals surface area contributed by atoms with Crippen LogP contribution in [-0.4, -0.2) is 76.4 Å². The summed E-state index contributed by atoms with van der Waals surface area (Å²) >= 11 is 0. The molecule has 0 amide bonds. The standard InChI is InChI=1S/C41H68N4O2/c1-46-40-20-9-7-18-38(40)34-42-26-11-3-5-13-28-44-30-22-36(23-31-44)16-15-17-37-24-32-45(33-25-37)29-14-6-4-12-27-43-35-39-19-8-10-21-41(39)47-2/h7-10,18-21,36-37,42-43H,3-6,11-17,22-35H2,1-2H3. The smallest absolute Gasteiger partial charge is 0.123 e. The number of para-hydroxylation sites is 2. The summed E-state index contributed by atoms with van der Waals surface area (Å²) in [6.07, 6.45) is 20.8. The summed E-state index contributed by atoms with van der Waals surface area (Å²) in [7, 11) is 3.50. The van der Waals surface area contributed by atoms with E-state index in [0.29, 0.717) is 0 Å². The maximum absolute atomic E-state index is 5.45. The van der Waals surface area contributed by atoms with Crippen LogP contribution in [0.5, 0.6) is 11.5 Å². The first-order valence-corrected chi connectivity index (χ1v) is 19.3. The lowest BCUT2D eigenvalue weighted by Gasteiger charge is -2.33. The van der Waals surface area contributed by atoms with Gasteiger partial charge in [-0.25, -0.2) is 0 Å². The van der Waals surface area contributed by atoms with Crippen LogP contribution >= 0.6 is 0 Å². The molecule has 2 aliphatic rings. The van der Waals surface area contributed by atoms with Crippen LogP contribution in [0.25, 0.3) is 0 Å². The van der Waals surface area contributed by atoms with Crippen molar-refractivity contribution in [2.75, 3.05) is 66.6 Å². The van der Waals surface area contributed by atoms with Gasteiger partial charge in [0.2, 0.25) is 0 Å². The molecule has 2 aromatic rings. The molecule has 0 bridgehead atoms. The number of nitrogens with zero attached hydrogens (tertiary/aromatic N) is 2. The fourth-order valence-corrected chi connectivity index (χ4v) is 7.71. The van der Waals surface area contributed by atoms with Gasteiger partial charge < -0.3 is 29.9 Å². The predicted molar refractivity (Wildman–Crippen MR) is 199 cm³/mol. The molecular weight excluding hydrogens is 580 g/mol. The van der Waals surface area contributed by atoms with Gasteiger partial charge in [0, 0.05) is 24.2 Å². The van der Waals surface area contributed by atoms with Gasteiger partial charge in [0.05, 0.1) is 14.2 Å². The maximum Gasteiger partial charge on any atom is 0.123 e. The van der Waals surface area contributed by atoms with Gasteiger partial charge in [0.25, 0.3) is 0 Å². The van der Waals surface area contributed by atoms with E-state index < -0.39 is 0 Å². The van der Waals surface area contributed by atoms with Crippen molar-refractivity contribution >= 4 is 0 Å². The van der Waals surface area contributed by atoms with Crippen molar-refractivity contribution in [2.45, 2.75) is 109 Å². The molecule has 0 unspecified atom stereocenters. The first-order valence-electron chi connectivity index (χ1n) is 19.3. The lowest BCUT2D eigenvalue weighted by molar-refractivity contribution is 0.160. The predicted octanol–water partition coefficient (Wildman–Crippen LogP) is 8.30. The molecule has 2 aliphatic heterocycles. The summed E-state index contributed by atoms with van der Waals surface area (Å²) in [4.78, 5) is 5.49. The summed E-state index contributed by atoms with van der Waals surface area (Å²) in [5.41, 5.74) is 2.50. The number of rotatable bonds is 24. The Labute approximate surface area is 288 Å². The van der Waals surface area contributed by atoms with E-state index in [9.17, 15) is 0 Å². The molecular formula is C41H68N4O2. The van der Waals surface area contributed by atoms with Crippen LogP contribution in [0.3, 0.4) is 0 Å². The van der Waals surface area contributed by atoms with Gasteiger partial charge in [-0.15, -0.1) is 0 Å². The monoisotopic (exact) mass is 649 g/mol. The topological polar surface area (TPSA) is 49.0 Å². The van der Waals surface area contributed by atoms with E-state index in [1.165, 1.54) is 147 Å². The van der Waals surface area contributed by atoms with Crippen molar-refractivity contribution < 1.29 is 9.47 Å². The van der Waals surface area contributed by atoms with E-state index in [-0.39, 0.29) is 0 Å². The second kappa shape index (κ2) is 23.3. The van der Waals surface area contributed by atoms with E-state index in [0.717, 1.165) is 49.5 Å². The Kier molecular flexibility index (Phi) is 18.7. The lowest BCUT2D eigenvalue weighted by Crippen LogP contribution is -2.35. The van der Waals surface area contributed by atoms with Crippen LogP contribution in [-0.2, 0) is 13.1 Å². The van der Waals surface area contributed by atoms with Crippen LogP contribution in [0.1, 0.15) is 107 Å². The van der Waals surface area contributed by atoms with Crippen LogP contribution in [0.2, 0.25) is 0 Å². The Morgan fingerprint density at radius 3 is 1.36 bits per heavy atom. The van der Waals surface area contributed by atoms with E-state index in [4.69, 9.17) is 9.47 Å². The average molecular weight is 649 g/mol. The van der Waals surface area contributed by atoms with E-state index in [1.807, 2.05) is 24.3 Å². The van der Waals surface area contributed by atoms with E-state index >= 15 is 0 Å². The molecule has 47 heavy (non-hydrogen) atoms. The number of likely N-dealkylation sites (tertiary alicyclic amines) is 2. The van der Waals surface area contributed by atoms with Crippen LogP contribution in [0.15, 0.2) is 48.5 Å². The summed E-state index contributed by atoms with van der Waals surface area (Å²) < 4.78 is 10.9. The summed E-state index contributed by atoms with van der Waals surface area (Å²) in [6, 6.07) is 16.6. The zero-order chi connectivity index (χ0) is 32.8. The molecule has 0 radical (unpaired) electrons. The normalized spacial score (nSPS) is 16.9. The molecule has 2 N–H and O–H groups in total. The molecule has 2 aromatic carbocycles. The minimum Gasteiger partial charge on any atom is -0.496 e. The Morgan fingerprint density at radius 2 is 0.936 bits per heavy atom. The van der Waals surface area contributed by atoms with Crippen LogP contribution in [0.4, 0.5) is 0 Å². The van der Waals surface area contributed by atoms with Crippen molar-refractivity contribution in [3.05, 3.63) is 59.7 Å². The Balaban J connectivity index is 0.897. The van der Waals surface area contributed by atoms with Gasteiger partial charge >= 0.3 is 0 Å². The summed E-state index contributed by atoms with van der Waals surface area (Å²) in [5.74, 6) is 3.94. The third-order valence-corrected chi connectivity index (χ3v) is 10.8. The molecule has 4 rings (SSSR count). The van der Waals surface area contributed by atoms with E-state index in [1.54, 1.807) is 14.2 Å². The van der Waals surface area contributed by atoms with E-state index in [2.05, 4.69) is 44.7 Å².